The molecule has 1 fully saturated rings. The van der Waals surface area contributed by atoms with Gasteiger partial charge in [-0.05, 0) is 31.5 Å². The molecule has 0 aliphatic carbocycles. The minimum Gasteiger partial charge on any atom is -0.336 e. The third-order valence-electron chi connectivity index (χ3n) is 3.80. The number of hydrogen-bond acceptors (Lipinski definition) is 3. The first kappa shape index (κ1) is 16.2. The first-order valence-electron chi connectivity index (χ1n) is 7.82. The number of carbonyl (C=O) groups is 1. The van der Waals surface area contributed by atoms with Crippen molar-refractivity contribution in [3.63, 3.8) is 0 Å². The molecule has 1 aliphatic heterocycles. The van der Waals surface area contributed by atoms with Gasteiger partial charge in [0.25, 0.3) is 5.91 Å². The van der Waals surface area contributed by atoms with Crippen molar-refractivity contribution in [2.24, 2.45) is 0 Å². The molecule has 0 radical (unpaired) electrons. The Hall–Kier alpha value is -1.13. The molecule has 1 aromatic heterocycles. The summed E-state index contributed by atoms with van der Waals surface area (Å²) in [5, 5.41) is 0.411. The molecule has 0 unspecified atom stereocenters. The number of pyridine rings is 1. The highest BCUT2D eigenvalue weighted by molar-refractivity contribution is 6.29. The average Bonchev–Trinajstić information content (AvgIpc) is 2.47. The number of aryl methyl sites for hydroxylation is 1. The van der Waals surface area contributed by atoms with E-state index in [1.54, 1.807) is 6.07 Å². The zero-order chi connectivity index (χ0) is 15.2. The summed E-state index contributed by atoms with van der Waals surface area (Å²) in [5.74, 6) is 0.0767. The molecule has 0 aromatic carbocycles. The van der Waals surface area contributed by atoms with Gasteiger partial charge in [-0.1, -0.05) is 31.9 Å². The van der Waals surface area contributed by atoms with Gasteiger partial charge in [-0.15, -0.1) is 0 Å². The number of hydrogen-bond donors (Lipinski definition) is 0. The predicted molar refractivity (Wildman–Crippen MR) is 85.9 cm³/mol. The number of piperazine rings is 1. The monoisotopic (exact) mass is 309 g/mol. The van der Waals surface area contributed by atoms with Crippen molar-refractivity contribution in [3.8, 4) is 0 Å². The van der Waals surface area contributed by atoms with E-state index in [0.717, 1.165) is 57.7 Å². The first-order valence-corrected chi connectivity index (χ1v) is 8.20. The van der Waals surface area contributed by atoms with Gasteiger partial charge in [-0.25, -0.2) is 4.98 Å². The van der Waals surface area contributed by atoms with Crippen LogP contribution in [0.25, 0.3) is 0 Å². The quantitative estimate of drug-likeness (QED) is 0.785. The Morgan fingerprint density at radius 2 is 1.90 bits per heavy atom. The first-order chi connectivity index (χ1) is 10.1. The molecular formula is C16H24ClN3O. The summed E-state index contributed by atoms with van der Waals surface area (Å²) in [7, 11) is 0. The summed E-state index contributed by atoms with van der Waals surface area (Å²) in [6.45, 7) is 8.90. The van der Waals surface area contributed by atoms with E-state index in [0.29, 0.717) is 10.7 Å². The molecule has 1 saturated heterocycles. The van der Waals surface area contributed by atoms with Gasteiger partial charge in [0.15, 0.2) is 0 Å². The van der Waals surface area contributed by atoms with Crippen molar-refractivity contribution in [1.82, 2.24) is 14.8 Å². The lowest BCUT2D eigenvalue weighted by Gasteiger charge is -2.34. The summed E-state index contributed by atoms with van der Waals surface area (Å²) in [5.41, 5.74) is 1.57. The highest BCUT2D eigenvalue weighted by Gasteiger charge is 2.22. The van der Waals surface area contributed by atoms with Crippen LogP contribution >= 0.6 is 11.6 Å². The van der Waals surface area contributed by atoms with Crippen molar-refractivity contribution in [2.45, 2.75) is 33.1 Å². The molecule has 4 nitrogen and oxygen atoms in total. The standard InChI is InChI=1S/C16H24ClN3O/c1-3-5-14-11-13(12-15(17)18-14)16(21)20-9-7-19(6-4-2)8-10-20/h11-12H,3-10H2,1-2H3. The number of rotatable bonds is 5. The van der Waals surface area contributed by atoms with Gasteiger partial charge in [0.1, 0.15) is 5.15 Å². The second-order valence-corrected chi connectivity index (χ2v) is 5.94. The third-order valence-corrected chi connectivity index (χ3v) is 3.99. The van der Waals surface area contributed by atoms with Gasteiger partial charge in [0.2, 0.25) is 0 Å². The van der Waals surface area contributed by atoms with Crippen LogP contribution in [0.1, 0.15) is 42.7 Å². The zero-order valence-electron chi connectivity index (χ0n) is 12.9. The Morgan fingerprint density at radius 1 is 1.19 bits per heavy atom. The van der Waals surface area contributed by atoms with E-state index < -0.39 is 0 Å². The topological polar surface area (TPSA) is 36.4 Å². The van der Waals surface area contributed by atoms with Crippen LogP contribution in [-0.2, 0) is 6.42 Å². The molecule has 0 bridgehead atoms. The van der Waals surface area contributed by atoms with Gasteiger partial charge >= 0.3 is 0 Å². The van der Waals surface area contributed by atoms with E-state index >= 15 is 0 Å². The van der Waals surface area contributed by atoms with E-state index in [2.05, 4.69) is 23.7 Å². The number of halogens is 1. The van der Waals surface area contributed by atoms with Crippen molar-refractivity contribution in [3.05, 3.63) is 28.5 Å². The van der Waals surface area contributed by atoms with Gasteiger partial charge in [0, 0.05) is 37.4 Å². The molecule has 0 saturated carbocycles. The molecule has 0 atom stereocenters. The highest BCUT2D eigenvalue weighted by Crippen LogP contribution is 2.15. The van der Waals surface area contributed by atoms with Crippen molar-refractivity contribution >= 4 is 17.5 Å². The van der Waals surface area contributed by atoms with Crippen molar-refractivity contribution < 1.29 is 4.79 Å². The molecule has 2 heterocycles. The normalized spacial score (nSPS) is 16.2. The molecule has 2 rings (SSSR count). The van der Waals surface area contributed by atoms with E-state index in [4.69, 9.17) is 11.6 Å². The Morgan fingerprint density at radius 3 is 2.52 bits per heavy atom. The maximum atomic E-state index is 12.6. The molecule has 21 heavy (non-hydrogen) atoms. The third kappa shape index (κ3) is 4.42. The maximum Gasteiger partial charge on any atom is 0.254 e. The molecule has 116 valence electrons. The fourth-order valence-electron chi connectivity index (χ4n) is 2.73. The van der Waals surface area contributed by atoms with Crippen LogP contribution in [0.4, 0.5) is 0 Å². The Labute approximate surface area is 132 Å². The second-order valence-electron chi connectivity index (χ2n) is 5.55. The zero-order valence-corrected chi connectivity index (χ0v) is 13.7. The fourth-order valence-corrected chi connectivity index (χ4v) is 2.96. The van der Waals surface area contributed by atoms with Crippen molar-refractivity contribution in [1.29, 1.82) is 0 Å². The Kier molecular flexibility index (Phi) is 6.00. The summed E-state index contributed by atoms with van der Waals surface area (Å²) < 4.78 is 0. The fraction of sp³-hybridized carbons (Fsp3) is 0.625. The van der Waals surface area contributed by atoms with Crippen LogP contribution in [0.15, 0.2) is 12.1 Å². The lowest BCUT2D eigenvalue weighted by atomic mass is 10.1. The van der Waals surface area contributed by atoms with Gasteiger partial charge in [-0.3, -0.25) is 9.69 Å². The predicted octanol–water partition coefficient (Wildman–Crippen LogP) is 2.86. The SMILES string of the molecule is CCCc1cc(C(=O)N2CCN(CCC)CC2)cc(Cl)n1. The number of amides is 1. The smallest absolute Gasteiger partial charge is 0.254 e. The molecule has 1 aliphatic rings. The summed E-state index contributed by atoms with van der Waals surface area (Å²) in [6.07, 6.45) is 3.01. The molecule has 0 spiro atoms. The number of carbonyl (C=O) groups excluding carboxylic acids is 1. The van der Waals surface area contributed by atoms with E-state index in [1.807, 2.05) is 11.0 Å². The van der Waals surface area contributed by atoms with Crippen LogP contribution in [0.2, 0.25) is 5.15 Å². The Bertz CT molecular complexity index is 484. The van der Waals surface area contributed by atoms with E-state index in [1.165, 1.54) is 0 Å². The lowest BCUT2D eigenvalue weighted by molar-refractivity contribution is 0.0637. The highest BCUT2D eigenvalue weighted by atomic mass is 35.5. The van der Waals surface area contributed by atoms with Crippen LogP contribution in [0.3, 0.4) is 0 Å². The molecule has 1 aromatic rings. The molecule has 1 amide bonds. The minimum atomic E-state index is 0.0767. The van der Waals surface area contributed by atoms with Gasteiger partial charge in [-0.2, -0.15) is 0 Å². The molecular weight excluding hydrogens is 286 g/mol. The summed E-state index contributed by atoms with van der Waals surface area (Å²) >= 11 is 6.04. The minimum absolute atomic E-state index is 0.0767. The number of nitrogens with zero attached hydrogens (tertiary/aromatic N) is 3. The van der Waals surface area contributed by atoms with Crippen LogP contribution < -0.4 is 0 Å². The second kappa shape index (κ2) is 7.76. The van der Waals surface area contributed by atoms with E-state index in [9.17, 15) is 4.79 Å². The average molecular weight is 310 g/mol. The maximum absolute atomic E-state index is 12.6. The molecule has 0 N–H and O–H groups in total. The summed E-state index contributed by atoms with van der Waals surface area (Å²) in [6, 6.07) is 3.57. The lowest BCUT2D eigenvalue weighted by Crippen LogP contribution is -2.48. The summed E-state index contributed by atoms with van der Waals surface area (Å²) in [4.78, 5) is 21.2. The van der Waals surface area contributed by atoms with Crippen LogP contribution in [0, 0.1) is 0 Å². The van der Waals surface area contributed by atoms with Crippen LogP contribution in [0.5, 0.6) is 0 Å². The van der Waals surface area contributed by atoms with Gasteiger partial charge in [0.05, 0.1) is 0 Å². The number of aromatic nitrogens is 1. The van der Waals surface area contributed by atoms with Crippen molar-refractivity contribution in [2.75, 3.05) is 32.7 Å². The van der Waals surface area contributed by atoms with E-state index in [-0.39, 0.29) is 5.91 Å². The van der Waals surface area contributed by atoms with Gasteiger partial charge < -0.3 is 4.90 Å². The van der Waals surface area contributed by atoms with Crippen LogP contribution in [-0.4, -0.2) is 53.4 Å². The molecule has 5 heteroatoms. The largest absolute Gasteiger partial charge is 0.336 e. The Balaban J connectivity index is 2.03.